The topological polar surface area (TPSA) is 115 Å². The average Bonchev–Trinajstić information content (AvgIpc) is 3.32. The van der Waals surface area contributed by atoms with Crippen LogP contribution in [0.15, 0.2) is 57.9 Å². The number of ether oxygens (including phenoxy) is 1. The van der Waals surface area contributed by atoms with Gasteiger partial charge >= 0.3 is 0 Å². The van der Waals surface area contributed by atoms with E-state index in [4.69, 9.17) is 10.5 Å². The third kappa shape index (κ3) is 5.40. The summed E-state index contributed by atoms with van der Waals surface area (Å²) in [7, 11) is 1.50. The summed E-state index contributed by atoms with van der Waals surface area (Å²) in [5.41, 5.74) is 17.1. The normalized spacial score (nSPS) is 22.7. The zero-order chi connectivity index (χ0) is 23.1. The number of amides is 1. The van der Waals surface area contributed by atoms with E-state index in [1.165, 1.54) is 7.05 Å². The molecule has 1 saturated carbocycles. The van der Waals surface area contributed by atoms with Crippen LogP contribution in [0.4, 0.5) is 11.4 Å². The molecule has 0 saturated heterocycles. The number of hydrogen-bond acceptors (Lipinski definition) is 6. The number of hydrogen-bond donors (Lipinski definition) is 4. The first-order valence-corrected chi connectivity index (χ1v) is 11.3. The number of rotatable bonds is 6. The van der Waals surface area contributed by atoms with Gasteiger partial charge in [-0.25, -0.2) is 0 Å². The van der Waals surface area contributed by atoms with Crippen molar-refractivity contribution in [2.75, 3.05) is 30.8 Å². The summed E-state index contributed by atoms with van der Waals surface area (Å²) in [6.07, 6.45) is 9.61. The molecule has 0 spiro atoms. The molecule has 7 heteroatoms. The average molecular weight is 442 g/mol. The number of fused-ring (bicyclic) bond motifs is 1. The molecule has 0 unspecified atom stereocenters. The van der Waals surface area contributed by atoms with Crippen molar-refractivity contribution < 1.29 is 12.4 Å². The van der Waals surface area contributed by atoms with Crippen molar-refractivity contribution in [3.8, 4) is 5.75 Å². The molecule has 0 radical (unpaired) electrons. The van der Waals surface area contributed by atoms with Gasteiger partial charge in [0.25, 0.3) is 5.91 Å². The maximum Gasteiger partial charge on any atom is 0.262 e. The fraction of sp³-hybridized carbons (Fsp3) is 0.440. The molecule has 0 bridgehead atoms. The Bertz CT molecular complexity index is 951. The quantitative estimate of drug-likeness (QED) is 0.487. The third-order valence-electron chi connectivity index (χ3n) is 6.43. The number of carbonyl (C=O) groups is 1. The Kier molecular flexibility index (Phi) is 8.11. The predicted molar refractivity (Wildman–Crippen MR) is 136 cm³/mol. The fourth-order valence-electron chi connectivity index (χ4n) is 4.58. The number of aliphatic imine (C=N–C) groups is 1. The summed E-state index contributed by atoms with van der Waals surface area (Å²) < 4.78 is 5.42. The van der Waals surface area contributed by atoms with E-state index < -0.39 is 0 Å². The van der Waals surface area contributed by atoms with Gasteiger partial charge in [0.2, 0.25) is 0 Å². The Morgan fingerprint density at radius 1 is 1.31 bits per heavy atom. The van der Waals surface area contributed by atoms with Crippen LogP contribution < -0.4 is 26.8 Å². The SMILES string of the molecule is C=NC1=C(/C(C)=C(/N)C2CCC(CNc3ccc4c(c3)NC(=O)CO4)CC2)C=CC1.CN.[HH].[HH]. The summed E-state index contributed by atoms with van der Waals surface area (Å²) in [6, 6.07) is 5.84. The van der Waals surface area contributed by atoms with Crippen molar-refractivity contribution in [2.24, 2.45) is 28.3 Å². The Balaban J connectivity index is 0.00000141. The minimum atomic E-state index is -0.112. The van der Waals surface area contributed by atoms with Gasteiger partial charge in [0.1, 0.15) is 5.75 Å². The Morgan fingerprint density at radius 2 is 2.06 bits per heavy atom. The van der Waals surface area contributed by atoms with E-state index in [0.717, 1.165) is 78.3 Å². The predicted octanol–water partition coefficient (Wildman–Crippen LogP) is 4.45. The molecule has 0 atom stereocenters. The highest BCUT2D eigenvalue weighted by Crippen LogP contribution is 2.36. The molecule has 1 fully saturated rings. The first kappa shape index (κ1) is 23.6. The van der Waals surface area contributed by atoms with E-state index in [9.17, 15) is 4.79 Å². The lowest BCUT2D eigenvalue weighted by atomic mass is 9.79. The largest absolute Gasteiger partial charge is 0.482 e. The van der Waals surface area contributed by atoms with E-state index in [0.29, 0.717) is 11.8 Å². The lowest BCUT2D eigenvalue weighted by molar-refractivity contribution is -0.118. The molecule has 32 heavy (non-hydrogen) atoms. The third-order valence-corrected chi connectivity index (χ3v) is 6.43. The van der Waals surface area contributed by atoms with E-state index in [2.05, 4.69) is 47.2 Å². The maximum atomic E-state index is 11.5. The smallest absolute Gasteiger partial charge is 0.262 e. The molecular formula is C25H39N5O2. The van der Waals surface area contributed by atoms with Crippen LogP contribution in [0.1, 0.15) is 41.9 Å². The van der Waals surface area contributed by atoms with Gasteiger partial charge in [-0.3, -0.25) is 9.79 Å². The van der Waals surface area contributed by atoms with Gasteiger partial charge < -0.3 is 26.8 Å². The molecule has 1 aromatic rings. The highest BCUT2D eigenvalue weighted by atomic mass is 16.5. The molecule has 7 nitrogen and oxygen atoms in total. The lowest BCUT2D eigenvalue weighted by Crippen LogP contribution is -2.26. The lowest BCUT2D eigenvalue weighted by Gasteiger charge is -2.30. The van der Waals surface area contributed by atoms with E-state index in [1.807, 2.05) is 18.2 Å². The molecule has 2 aliphatic carbocycles. The van der Waals surface area contributed by atoms with Gasteiger partial charge in [0.05, 0.1) is 11.4 Å². The summed E-state index contributed by atoms with van der Waals surface area (Å²) in [5.74, 6) is 1.66. The molecule has 4 rings (SSSR count). The van der Waals surface area contributed by atoms with Crippen LogP contribution in [0.2, 0.25) is 0 Å². The van der Waals surface area contributed by atoms with Crippen LogP contribution in [0.25, 0.3) is 0 Å². The minimum absolute atomic E-state index is 0. The van der Waals surface area contributed by atoms with Crippen molar-refractivity contribution >= 4 is 24.0 Å². The monoisotopic (exact) mass is 441 g/mol. The number of benzene rings is 1. The second-order valence-corrected chi connectivity index (χ2v) is 8.35. The number of nitrogens with zero attached hydrogens (tertiary/aromatic N) is 1. The number of allylic oxidation sites excluding steroid dienone is 5. The second kappa shape index (κ2) is 11.0. The highest BCUT2D eigenvalue weighted by Gasteiger charge is 2.25. The van der Waals surface area contributed by atoms with Gasteiger partial charge in [-0.05, 0) is 82.0 Å². The molecule has 6 N–H and O–H groups in total. The molecule has 1 aliphatic heterocycles. The number of nitrogens with one attached hydrogen (secondary N) is 2. The molecule has 3 aliphatic rings. The van der Waals surface area contributed by atoms with Crippen molar-refractivity contribution in [1.82, 2.24) is 0 Å². The summed E-state index contributed by atoms with van der Waals surface area (Å²) in [4.78, 5) is 15.7. The zero-order valence-electron chi connectivity index (χ0n) is 19.1. The number of nitrogens with two attached hydrogens (primary N) is 2. The van der Waals surface area contributed by atoms with Crippen LogP contribution in [-0.4, -0.2) is 32.8 Å². The summed E-state index contributed by atoms with van der Waals surface area (Å²) in [5, 5.41) is 6.37. The summed E-state index contributed by atoms with van der Waals surface area (Å²) >= 11 is 0. The van der Waals surface area contributed by atoms with Crippen LogP contribution in [0, 0.1) is 11.8 Å². The molecule has 0 aromatic heterocycles. The van der Waals surface area contributed by atoms with Crippen LogP contribution in [-0.2, 0) is 4.79 Å². The van der Waals surface area contributed by atoms with Crippen LogP contribution >= 0.6 is 0 Å². The molecule has 176 valence electrons. The van der Waals surface area contributed by atoms with Gasteiger partial charge in [0, 0.05) is 32.8 Å². The Labute approximate surface area is 193 Å². The van der Waals surface area contributed by atoms with Gasteiger partial charge in [-0.2, -0.15) is 0 Å². The van der Waals surface area contributed by atoms with Crippen molar-refractivity contribution in [3.05, 3.63) is 52.9 Å². The van der Waals surface area contributed by atoms with Gasteiger partial charge in [0.15, 0.2) is 6.61 Å². The van der Waals surface area contributed by atoms with Crippen LogP contribution in [0.3, 0.4) is 0 Å². The summed E-state index contributed by atoms with van der Waals surface area (Å²) in [6.45, 7) is 6.79. The molecular weight excluding hydrogens is 402 g/mol. The molecule has 1 heterocycles. The first-order chi connectivity index (χ1) is 15.5. The molecule has 1 aromatic carbocycles. The second-order valence-electron chi connectivity index (χ2n) is 8.35. The number of carbonyl (C=O) groups excluding carboxylic acids is 1. The fourth-order valence-corrected chi connectivity index (χ4v) is 4.58. The first-order valence-electron chi connectivity index (χ1n) is 11.3. The van der Waals surface area contributed by atoms with Crippen molar-refractivity contribution in [1.29, 1.82) is 0 Å². The van der Waals surface area contributed by atoms with E-state index in [1.54, 1.807) is 0 Å². The van der Waals surface area contributed by atoms with Gasteiger partial charge in [-0.1, -0.05) is 12.2 Å². The maximum absolute atomic E-state index is 11.5. The van der Waals surface area contributed by atoms with Gasteiger partial charge in [-0.15, -0.1) is 0 Å². The minimum Gasteiger partial charge on any atom is -0.482 e. The van der Waals surface area contributed by atoms with E-state index in [-0.39, 0.29) is 15.4 Å². The Morgan fingerprint density at radius 3 is 2.78 bits per heavy atom. The van der Waals surface area contributed by atoms with Crippen molar-refractivity contribution in [3.63, 3.8) is 0 Å². The number of anilines is 2. The van der Waals surface area contributed by atoms with E-state index >= 15 is 0 Å². The van der Waals surface area contributed by atoms with Crippen molar-refractivity contribution in [2.45, 2.75) is 39.0 Å². The Hall–Kier alpha value is -3.06. The zero-order valence-corrected chi connectivity index (χ0v) is 19.1. The standard InChI is InChI=1S/C24H30N4O2.CH5N.2H2/c1-15(19-4-3-5-20(19)26-2)24(25)17-8-6-16(7-9-17)13-27-18-10-11-22-21(12-18)28-23(29)14-30-22;1-2;;/h3-4,10-12,16-17,27H,2,5-9,13-14,25H2,1H3,(H,28,29);2H2,1H3;2*1H/b24-15+;;;. The molecule has 1 amide bonds. The van der Waals surface area contributed by atoms with Crippen LogP contribution in [0.5, 0.6) is 5.75 Å². The highest BCUT2D eigenvalue weighted by molar-refractivity contribution is 5.96.